The molecular weight excluding hydrogens is 218 g/mol. The molecule has 5 nitrogen and oxygen atoms in total. The third-order valence-corrected chi connectivity index (χ3v) is 2.54. The Kier molecular flexibility index (Phi) is 3.01. The van der Waals surface area contributed by atoms with Crippen LogP contribution in [-0.2, 0) is 0 Å². The molecule has 0 spiro atoms. The van der Waals surface area contributed by atoms with E-state index in [2.05, 4.69) is 10.3 Å². The average molecular weight is 233 g/mol. The Balaban J connectivity index is 2.27. The zero-order valence-electron chi connectivity index (χ0n) is 9.53. The number of benzene rings is 1. The number of hydrogen-bond donors (Lipinski definition) is 4. The largest absolute Gasteiger partial charge is 0.399 e. The molecule has 0 aliphatic rings. The lowest BCUT2D eigenvalue weighted by Crippen LogP contribution is -2.35. The van der Waals surface area contributed by atoms with Gasteiger partial charge in [-0.25, -0.2) is 0 Å². The zero-order chi connectivity index (χ0) is 12.4. The maximum absolute atomic E-state index is 11.8. The smallest absolute Gasteiger partial charge is 0.268 e. The summed E-state index contributed by atoms with van der Waals surface area (Å²) in [7, 11) is 0. The number of rotatable bonds is 3. The molecule has 1 aromatic carbocycles. The van der Waals surface area contributed by atoms with E-state index >= 15 is 0 Å². The van der Waals surface area contributed by atoms with Crippen LogP contribution in [0.3, 0.4) is 0 Å². The number of carbonyl (C=O) groups excluding carboxylic acids is 1. The van der Waals surface area contributed by atoms with Crippen LogP contribution < -0.4 is 11.1 Å². The topological polar surface area (TPSA) is 91.1 Å². The first kappa shape index (κ1) is 11.5. The van der Waals surface area contributed by atoms with E-state index in [1.54, 1.807) is 25.1 Å². The Morgan fingerprint density at radius 1 is 1.53 bits per heavy atom. The van der Waals surface area contributed by atoms with Crippen LogP contribution in [0.5, 0.6) is 0 Å². The number of aliphatic hydroxyl groups is 1. The van der Waals surface area contributed by atoms with Gasteiger partial charge in [-0.05, 0) is 31.2 Å². The number of hydrogen-bond acceptors (Lipinski definition) is 3. The Morgan fingerprint density at radius 3 is 3.00 bits per heavy atom. The summed E-state index contributed by atoms with van der Waals surface area (Å²) in [5.74, 6) is -0.235. The highest BCUT2D eigenvalue weighted by molar-refractivity contribution is 5.98. The Morgan fingerprint density at radius 2 is 2.29 bits per heavy atom. The van der Waals surface area contributed by atoms with Gasteiger partial charge < -0.3 is 21.1 Å². The fraction of sp³-hybridized carbons (Fsp3) is 0.250. The van der Waals surface area contributed by atoms with E-state index in [9.17, 15) is 4.79 Å². The summed E-state index contributed by atoms with van der Waals surface area (Å²) in [6, 6.07) is 6.88. The van der Waals surface area contributed by atoms with E-state index < -0.39 is 0 Å². The zero-order valence-corrected chi connectivity index (χ0v) is 9.53. The number of fused-ring (bicyclic) bond motifs is 1. The van der Waals surface area contributed by atoms with Crippen molar-refractivity contribution in [3.05, 3.63) is 30.0 Å². The molecule has 0 fully saturated rings. The molecule has 5 N–H and O–H groups in total. The molecule has 1 aromatic heterocycles. The highest BCUT2D eigenvalue weighted by atomic mass is 16.3. The summed E-state index contributed by atoms with van der Waals surface area (Å²) < 4.78 is 0. The van der Waals surface area contributed by atoms with Crippen LogP contribution >= 0.6 is 0 Å². The van der Waals surface area contributed by atoms with Crippen molar-refractivity contribution in [3.63, 3.8) is 0 Å². The maximum Gasteiger partial charge on any atom is 0.268 e. The van der Waals surface area contributed by atoms with Gasteiger partial charge in [0.15, 0.2) is 0 Å². The predicted molar refractivity (Wildman–Crippen MR) is 66.7 cm³/mol. The highest BCUT2D eigenvalue weighted by Crippen LogP contribution is 2.18. The number of aliphatic hydroxyl groups excluding tert-OH is 1. The number of carbonyl (C=O) groups is 1. The molecule has 1 heterocycles. The second-order valence-corrected chi connectivity index (χ2v) is 4.09. The summed E-state index contributed by atoms with van der Waals surface area (Å²) >= 11 is 0. The molecule has 0 saturated heterocycles. The van der Waals surface area contributed by atoms with Crippen LogP contribution in [0.25, 0.3) is 10.9 Å². The van der Waals surface area contributed by atoms with E-state index in [1.165, 1.54) is 0 Å². The molecule has 0 aliphatic carbocycles. The molecule has 2 rings (SSSR count). The average Bonchev–Trinajstić information content (AvgIpc) is 2.71. The molecule has 0 saturated carbocycles. The van der Waals surface area contributed by atoms with Crippen LogP contribution in [0.1, 0.15) is 17.4 Å². The molecule has 1 atom stereocenters. The minimum atomic E-state index is -0.265. The number of amides is 1. The maximum atomic E-state index is 11.8. The van der Waals surface area contributed by atoms with Crippen LogP contribution in [0, 0.1) is 0 Å². The van der Waals surface area contributed by atoms with Crippen LogP contribution in [0.15, 0.2) is 24.3 Å². The molecule has 17 heavy (non-hydrogen) atoms. The van der Waals surface area contributed by atoms with Crippen molar-refractivity contribution in [1.29, 1.82) is 0 Å². The van der Waals surface area contributed by atoms with Gasteiger partial charge in [0, 0.05) is 22.6 Å². The van der Waals surface area contributed by atoms with Gasteiger partial charge >= 0.3 is 0 Å². The Labute approximate surface area is 98.6 Å². The van der Waals surface area contributed by atoms with Crippen LogP contribution in [0.4, 0.5) is 5.69 Å². The minimum absolute atomic E-state index is 0.0844. The summed E-state index contributed by atoms with van der Waals surface area (Å²) in [4.78, 5) is 14.8. The van der Waals surface area contributed by atoms with Crippen molar-refractivity contribution < 1.29 is 9.90 Å². The van der Waals surface area contributed by atoms with Crippen LogP contribution in [-0.4, -0.2) is 28.6 Å². The summed E-state index contributed by atoms with van der Waals surface area (Å²) in [6.45, 7) is 1.65. The standard InChI is InChI=1S/C12H15N3O2/c1-7(6-16)14-12(17)11-5-8-4-9(13)2-3-10(8)15-11/h2-5,7,15-16H,6,13H2,1H3,(H,14,17)/t7-/m0/s1. The Bertz CT molecular complexity index is 548. The second-order valence-electron chi connectivity index (χ2n) is 4.09. The number of nitrogens with two attached hydrogens (primary N) is 1. The van der Waals surface area contributed by atoms with E-state index in [-0.39, 0.29) is 18.6 Å². The first-order valence-electron chi connectivity index (χ1n) is 5.40. The van der Waals surface area contributed by atoms with Crippen molar-refractivity contribution in [1.82, 2.24) is 10.3 Å². The summed E-state index contributed by atoms with van der Waals surface area (Å²) in [5, 5.41) is 12.4. The third kappa shape index (κ3) is 2.39. The fourth-order valence-electron chi connectivity index (χ4n) is 1.62. The normalized spacial score (nSPS) is 12.6. The SMILES string of the molecule is C[C@@H](CO)NC(=O)c1cc2cc(N)ccc2[nH]1. The van der Waals surface area contributed by atoms with Gasteiger partial charge in [-0.1, -0.05) is 0 Å². The van der Waals surface area contributed by atoms with Crippen molar-refractivity contribution in [2.45, 2.75) is 13.0 Å². The Hall–Kier alpha value is -2.01. The number of anilines is 1. The molecule has 1 amide bonds. The molecule has 0 unspecified atom stereocenters. The molecule has 5 heteroatoms. The van der Waals surface area contributed by atoms with Gasteiger partial charge in [-0.3, -0.25) is 4.79 Å². The second kappa shape index (κ2) is 4.47. The van der Waals surface area contributed by atoms with Crippen LogP contribution in [0.2, 0.25) is 0 Å². The minimum Gasteiger partial charge on any atom is -0.399 e. The highest BCUT2D eigenvalue weighted by Gasteiger charge is 2.11. The van der Waals surface area contributed by atoms with Gasteiger partial charge in [0.1, 0.15) is 5.69 Å². The van der Waals surface area contributed by atoms with Gasteiger partial charge in [-0.2, -0.15) is 0 Å². The first-order chi connectivity index (χ1) is 8.10. The molecule has 2 aromatic rings. The molecular formula is C12H15N3O2. The van der Waals surface area contributed by atoms with Crippen molar-refractivity contribution in [2.75, 3.05) is 12.3 Å². The molecule has 0 aliphatic heterocycles. The lowest BCUT2D eigenvalue weighted by molar-refractivity contribution is 0.0918. The van der Waals surface area contributed by atoms with Crippen molar-refractivity contribution in [3.8, 4) is 0 Å². The van der Waals surface area contributed by atoms with E-state index in [1.807, 2.05) is 6.07 Å². The quantitative estimate of drug-likeness (QED) is 0.592. The monoisotopic (exact) mass is 233 g/mol. The van der Waals surface area contributed by atoms with E-state index in [0.717, 1.165) is 10.9 Å². The van der Waals surface area contributed by atoms with E-state index in [0.29, 0.717) is 11.4 Å². The lowest BCUT2D eigenvalue weighted by atomic mass is 10.2. The number of aromatic amines is 1. The van der Waals surface area contributed by atoms with Gasteiger partial charge in [0.25, 0.3) is 5.91 Å². The van der Waals surface area contributed by atoms with Crippen molar-refractivity contribution in [2.24, 2.45) is 0 Å². The molecule has 90 valence electrons. The predicted octanol–water partition coefficient (Wildman–Crippen LogP) is 0.861. The van der Waals surface area contributed by atoms with Crippen molar-refractivity contribution >= 4 is 22.5 Å². The van der Waals surface area contributed by atoms with E-state index in [4.69, 9.17) is 10.8 Å². The molecule has 0 bridgehead atoms. The van der Waals surface area contributed by atoms with Gasteiger partial charge in [-0.15, -0.1) is 0 Å². The number of nitrogen functional groups attached to an aromatic ring is 1. The summed E-state index contributed by atoms with van der Waals surface area (Å²) in [5.41, 5.74) is 7.65. The first-order valence-corrected chi connectivity index (χ1v) is 5.40. The lowest BCUT2D eigenvalue weighted by Gasteiger charge is -2.08. The molecule has 0 radical (unpaired) electrons. The van der Waals surface area contributed by atoms with Gasteiger partial charge in [0.2, 0.25) is 0 Å². The number of aromatic nitrogens is 1. The number of nitrogens with one attached hydrogen (secondary N) is 2. The van der Waals surface area contributed by atoms with Gasteiger partial charge in [0.05, 0.1) is 6.61 Å². The summed E-state index contributed by atoms with van der Waals surface area (Å²) in [6.07, 6.45) is 0. The number of H-pyrrole nitrogens is 1. The third-order valence-electron chi connectivity index (χ3n) is 2.54. The fourth-order valence-corrected chi connectivity index (χ4v) is 1.62.